The van der Waals surface area contributed by atoms with Crippen molar-refractivity contribution in [1.29, 1.82) is 0 Å². The van der Waals surface area contributed by atoms with Gasteiger partial charge in [-0.15, -0.1) is 11.3 Å². The summed E-state index contributed by atoms with van der Waals surface area (Å²) < 4.78 is 7.24. The Balaban J connectivity index is 1.34. The highest BCUT2D eigenvalue weighted by Crippen LogP contribution is 2.48. The molecule has 0 N–H and O–H groups in total. The Labute approximate surface area is 283 Å². The molecular weight excluding hydrogens is 617 g/mol. The predicted octanol–water partition coefficient (Wildman–Crippen LogP) is 11.9. The normalized spacial score (nSPS) is 12.5. The maximum absolute atomic E-state index is 5.45. The van der Waals surface area contributed by atoms with Crippen molar-refractivity contribution in [3.05, 3.63) is 146 Å². The average Bonchev–Trinajstić information content (AvgIpc) is 3.90. The summed E-state index contributed by atoms with van der Waals surface area (Å²) in [5.41, 5.74) is 8.08. The molecule has 0 aliphatic carbocycles. The summed E-state index contributed by atoms with van der Waals surface area (Å²) in [5, 5.41) is 11.3. The molecule has 0 amide bonds. The Morgan fingerprint density at radius 3 is 2.02 bits per heavy atom. The molecule has 12 aromatic rings. The summed E-state index contributed by atoms with van der Waals surface area (Å²) in [6, 6.07) is 52.5. The molecule has 0 fully saturated rings. The van der Waals surface area contributed by atoms with E-state index in [1.807, 2.05) is 6.07 Å². The summed E-state index contributed by atoms with van der Waals surface area (Å²) in [6.07, 6.45) is 0. The lowest BCUT2D eigenvalue weighted by molar-refractivity contribution is 1.08. The molecule has 0 spiro atoms. The van der Waals surface area contributed by atoms with Crippen LogP contribution in [0.3, 0.4) is 0 Å². The maximum atomic E-state index is 5.45. The van der Waals surface area contributed by atoms with Crippen LogP contribution in [0.5, 0.6) is 0 Å². The molecule has 5 heterocycles. The Kier molecular flexibility index (Phi) is 4.83. The van der Waals surface area contributed by atoms with Crippen LogP contribution < -0.4 is 0 Å². The molecule has 0 saturated carbocycles. The molecule has 0 atom stereocenters. The van der Waals surface area contributed by atoms with Gasteiger partial charge in [-0.3, -0.25) is 4.57 Å². The van der Waals surface area contributed by atoms with Gasteiger partial charge in [-0.2, -0.15) is 0 Å². The number of aromatic nitrogens is 4. The second-order valence-electron chi connectivity index (χ2n) is 12.9. The fourth-order valence-corrected chi connectivity index (χ4v) is 9.56. The minimum absolute atomic E-state index is 0.733. The predicted molar refractivity (Wildman–Crippen MR) is 207 cm³/mol. The fourth-order valence-electron chi connectivity index (χ4n) is 8.44. The largest absolute Gasteiger partial charge is 0.307 e. The zero-order valence-electron chi connectivity index (χ0n) is 26.1. The maximum Gasteiger partial charge on any atom is 0.162 e. The summed E-state index contributed by atoms with van der Waals surface area (Å²) in [7, 11) is 0. The zero-order chi connectivity index (χ0) is 31.8. The van der Waals surface area contributed by atoms with Gasteiger partial charge >= 0.3 is 0 Å². The van der Waals surface area contributed by atoms with Crippen LogP contribution in [0.4, 0.5) is 0 Å². The van der Waals surface area contributed by atoms with Crippen LogP contribution in [0.15, 0.2) is 146 Å². The van der Waals surface area contributed by atoms with Crippen molar-refractivity contribution < 1.29 is 0 Å². The van der Waals surface area contributed by atoms with Gasteiger partial charge in [-0.1, -0.05) is 121 Å². The van der Waals surface area contributed by atoms with Crippen LogP contribution in [0, 0.1) is 0 Å². The lowest BCUT2D eigenvalue weighted by Crippen LogP contribution is -2.01. The van der Waals surface area contributed by atoms with Crippen molar-refractivity contribution in [2.45, 2.75) is 0 Å². The number of rotatable bonds is 2. The number of benzene rings is 7. The van der Waals surface area contributed by atoms with E-state index in [4.69, 9.17) is 9.97 Å². The molecule has 5 aromatic heterocycles. The third kappa shape index (κ3) is 3.23. The van der Waals surface area contributed by atoms with Crippen molar-refractivity contribution >= 4 is 102 Å². The molecule has 0 radical (unpaired) electrons. The number of hydrogen-bond acceptors (Lipinski definition) is 3. The van der Waals surface area contributed by atoms with Gasteiger partial charge in [0.1, 0.15) is 0 Å². The van der Waals surface area contributed by atoms with Crippen LogP contribution in [0.1, 0.15) is 0 Å². The summed E-state index contributed by atoms with van der Waals surface area (Å²) in [4.78, 5) is 10.7. The number of hydrogen-bond donors (Lipinski definition) is 0. The average molecular weight is 641 g/mol. The molecule has 0 bridgehead atoms. The fraction of sp³-hybridized carbons (Fsp3) is 0. The van der Waals surface area contributed by atoms with Crippen molar-refractivity contribution in [2.24, 2.45) is 0 Å². The minimum atomic E-state index is 0.733. The smallest absolute Gasteiger partial charge is 0.162 e. The highest BCUT2D eigenvalue weighted by atomic mass is 32.1. The highest BCUT2D eigenvalue weighted by Gasteiger charge is 2.26. The van der Waals surface area contributed by atoms with Crippen LogP contribution in [-0.2, 0) is 0 Å². The van der Waals surface area contributed by atoms with Gasteiger partial charge in [0.15, 0.2) is 11.6 Å². The van der Waals surface area contributed by atoms with E-state index in [0.29, 0.717) is 0 Å². The summed E-state index contributed by atoms with van der Waals surface area (Å²) >= 11 is 1.78. The van der Waals surface area contributed by atoms with E-state index in [9.17, 15) is 0 Å². The number of para-hydroxylation sites is 2. The highest BCUT2D eigenvalue weighted by molar-refractivity contribution is 7.26. The van der Waals surface area contributed by atoms with E-state index in [0.717, 1.165) is 43.8 Å². The topological polar surface area (TPSA) is 35.1 Å². The van der Waals surface area contributed by atoms with E-state index in [1.165, 1.54) is 64.3 Å². The molecule has 0 saturated heterocycles. The van der Waals surface area contributed by atoms with Gasteiger partial charge in [0.05, 0.1) is 37.8 Å². The third-order valence-corrected chi connectivity index (χ3v) is 11.6. The quantitative estimate of drug-likeness (QED) is 0.188. The van der Waals surface area contributed by atoms with Crippen molar-refractivity contribution in [3.63, 3.8) is 0 Å². The van der Waals surface area contributed by atoms with Crippen molar-refractivity contribution in [3.8, 4) is 17.2 Å². The van der Waals surface area contributed by atoms with Crippen LogP contribution >= 0.6 is 11.3 Å². The van der Waals surface area contributed by atoms with E-state index >= 15 is 0 Å². The Morgan fingerprint density at radius 2 is 1.16 bits per heavy atom. The second kappa shape index (κ2) is 9.19. The van der Waals surface area contributed by atoms with E-state index in [2.05, 4.69) is 148 Å². The van der Waals surface area contributed by atoms with Crippen LogP contribution in [-0.4, -0.2) is 18.9 Å². The number of fused-ring (bicyclic) bond motifs is 15. The molecule has 226 valence electrons. The summed E-state index contributed by atoms with van der Waals surface area (Å²) in [6.45, 7) is 0. The molecule has 4 nitrogen and oxygen atoms in total. The molecule has 49 heavy (non-hydrogen) atoms. The van der Waals surface area contributed by atoms with Crippen molar-refractivity contribution in [1.82, 2.24) is 18.9 Å². The van der Waals surface area contributed by atoms with Gasteiger partial charge in [0.25, 0.3) is 0 Å². The molecule has 5 heteroatoms. The van der Waals surface area contributed by atoms with Crippen molar-refractivity contribution in [2.75, 3.05) is 0 Å². The first-order valence-corrected chi connectivity index (χ1v) is 17.4. The third-order valence-electron chi connectivity index (χ3n) is 10.4. The monoisotopic (exact) mass is 640 g/mol. The lowest BCUT2D eigenvalue weighted by atomic mass is 10.0. The van der Waals surface area contributed by atoms with E-state index < -0.39 is 0 Å². The second-order valence-corrected chi connectivity index (χ2v) is 14.0. The molecule has 7 aromatic carbocycles. The molecule has 0 aliphatic heterocycles. The van der Waals surface area contributed by atoms with Gasteiger partial charge in [-0.25, -0.2) is 9.97 Å². The molecule has 0 aliphatic rings. The molecule has 12 rings (SSSR count). The van der Waals surface area contributed by atoms with Gasteiger partial charge in [0.2, 0.25) is 0 Å². The molecule has 0 unspecified atom stereocenters. The van der Waals surface area contributed by atoms with Gasteiger partial charge in [-0.05, 0) is 29.7 Å². The Hall–Kier alpha value is -6.30. The van der Waals surface area contributed by atoms with Crippen LogP contribution in [0.2, 0.25) is 0 Å². The lowest BCUT2D eigenvalue weighted by Gasteiger charge is -2.11. The van der Waals surface area contributed by atoms with Crippen LogP contribution in [0.25, 0.3) is 108 Å². The van der Waals surface area contributed by atoms with Gasteiger partial charge < -0.3 is 4.40 Å². The zero-order valence-corrected chi connectivity index (χ0v) is 26.9. The first-order valence-electron chi connectivity index (χ1n) is 16.6. The first-order chi connectivity index (χ1) is 24.3. The number of thiophene rings is 1. The van der Waals surface area contributed by atoms with Gasteiger partial charge in [0, 0.05) is 53.4 Å². The standard InChI is InChI=1S/C44H24N4S/c1-2-13-26(14-3-1)43-45-39-31-18-8-11-21-36(31)49-42(39)44(46-43)47-33-19-9-6-16-29(33)37-35(47)24-32-28-23-22-25-12-4-5-15-27(25)40(28)48-34-20-10-7-17-30(34)38(37)41(32)48/h1-24H. The Morgan fingerprint density at radius 1 is 0.469 bits per heavy atom. The summed E-state index contributed by atoms with van der Waals surface area (Å²) in [5.74, 6) is 1.65. The SMILES string of the molecule is c1ccc(-c2nc(-n3c4ccccc4c4c5c6ccccc6n6c7c8ccccc8ccc7c(cc43)c56)c3sc4ccccc4c3n2)cc1. The number of nitrogens with zero attached hydrogens (tertiary/aromatic N) is 4. The Bertz CT molecular complexity index is 3330. The van der Waals surface area contributed by atoms with E-state index in [1.54, 1.807) is 11.3 Å². The minimum Gasteiger partial charge on any atom is -0.307 e. The molecular formula is C44H24N4S. The first kappa shape index (κ1) is 25.7. The van der Waals surface area contributed by atoms with E-state index in [-0.39, 0.29) is 0 Å².